The zero-order valence-electron chi connectivity index (χ0n) is 21.2. The molecule has 2 N–H and O–H groups in total. The van der Waals surface area contributed by atoms with Crippen LogP contribution in [0.1, 0.15) is 54.7 Å². The molecular formula is C28H27F3O7. The molecule has 0 aliphatic carbocycles. The van der Waals surface area contributed by atoms with Gasteiger partial charge >= 0.3 is 18.1 Å². The van der Waals surface area contributed by atoms with Gasteiger partial charge in [-0.2, -0.15) is 13.2 Å². The number of hydrogen-bond donors (Lipinski definition) is 2. The molecule has 0 spiro atoms. The summed E-state index contributed by atoms with van der Waals surface area (Å²) in [7, 11) is 0. The number of alkyl halides is 3. The summed E-state index contributed by atoms with van der Waals surface area (Å²) in [6.45, 7) is 5.32. The number of carbonyl (C=O) groups is 2. The first-order chi connectivity index (χ1) is 17.7. The van der Waals surface area contributed by atoms with E-state index >= 15 is 0 Å². The average molecular weight is 533 g/mol. The highest BCUT2D eigenvalue weighted by molar-refractivity contribution is 5.95. The first-order valence-electron chi connectivity index (χ1n) is 11.5. The van der Waals surface area contributed by atoms with Crippen LogP contribution in [0, 0.1) is 0 Å². The van der Waals surface area contributed by atoms with Crippen molar-refractivity contribution in [3.8, 4) is 28.4 Å². The van der Waals surface area contributed by atoms with Crippen molar-refractivity contribution < 1.29 is 47.2 Å². The van der Waals surface area contributed by atoms with Crippen molar-refractivity contribution in [3.63, 3.8) is 0 Å². The van der Waals surface area contributed by atoms with Gasteiger partial charge in [0.25, 0.3) is 0 Å². The highest BCUT2D eigenvalue weighted by atomic mass is 19.4. The second-order valence-electron chi connectivity index (χ2n) is 9.38. The van der Waals surface area contributed by atoms with Crippen molar-refractivity contribution in [1.29, 1.82) is 0 Å². The van der Waals surface area contributed by atoms with Gasteiger partial charge in [0, 0.05) is 12.5 Å². The molecule has 3 aromatic carbocycles. The number of benzene rings is 3. The van der Waals surface area contributed by atoms with Crippen LogP contribution in [0.3, 0.4) is 0 Å². The maximum Gasteiger partial charge on any atom is 0.419 e. The van der Waals surface area contributed by atoms with E-state index in [9.17, 15) is 33.0 Å². The van der Waals surface area contributed by atoms with Crippen LogP contribution >= 0.6 is 0 Å². The van der Waals surface area contributed by atoms with Gasteiger partial charge in [0.05, 0.1) is 12.2 Å². The lowest BCUT2D eigenvalue weighted by Crippen LogP contribution is -2.25. The van der Waals surface area contributed by atoms with Crippen LogP contribution in [0.2, 0.25) is 0 Å². The number of halogens is 3. The molecule has 0 saturated heterocycles. The SMILES string of the molecule is CC(=O)Oc1ccc(-c2ccc(OCc3ccc(C(F)(F)F)c(O)c3C(=O)OC(C)(C)C)cc2)c(CO)c1. The summed E-state index contributed by atoms with van der Waals surface area (Å²) in [5.74, 6) is -2.18. The van der Waals surface area contributed by atoms with Crippen LogP contribution in [0.15, 0.2) is 54.6 Å². The molecule has 0 heterocycles. The van der Waals surface area contributed by atoms with Gasteiger partial charge in [-0.3, -0.25) is 4.79 Å². The third kappa shape index (κ3) is 7.04. The van der Waals surface area contributed by atoms with Crippen molar-refractivity contribution in [2.45, 2.75) is 52.7 Å². The third-order valence-corrected chi connectivity index (χ3v) is 5.24. The van der Waals surface area contributed by atoms with Crippen molar-refractivity contribution in [2.24, 2.45) is 0 Å². The molecule has 0 unspecified atom stereocenters. The minimum atomic E-state index is -4.88. The monoisotopic (exact) mass is 532 g/mol. The Morgan fingerprint density at radius 2 is 1.53 bits per heavy atom. The van der Waals surface area contributed by atoms with E-state index < -0.39 is 40.6 Å². The zero-order valence-corrected chi connectivity index (χ0v) is 21.2. The fraction of sp³-hybridized carbons (Fsp3) is 0.286. The summed E-state index contributed by atoms with van der Waals surface area (Å²) in [5.41, 5.74) is -1.03. The number of ether oxygens (including phenoxy) is 3. The Morgan fingerprint density at radius 3 is 2.08 bits per heavy atom. The smallest absolute Gasteiger partial charge is 0.419 e. The van der Waals surface area contributed by atoms with Crippen LogP contribution in [0.4, 0.5) is 13.2 Å². The number of aliphatic hydroxyl groups excluding tert-OH is 1. The fourth-order valence-electron chi connectivity index (χ4n) is 3.64. The quantitative estimate of drug-likeness (QED) is 0.283. The van der Waals surface area contributed by atoms with Gasteiger partial charge in [-0.05, 0) is 67.8 Å². The summed E-state index contributed by atoms with van der Waals surface area (Å²) in [6.07, 6.45) is -4.88. The van der Waals surface area contributed by atoms with Gasteiger partial charge in [0.2, 0.25) is 0 Å². The van der Waals surface area contributed by atoms with E-state index in [1.54, 1.807) is 63.2 Å². The molecule has 0 saturated carbocycles. The lowest BCUT2D eigenvalue weighted by molar-refractivity contribution is -0.138. The van der Waals surface area contributed by atoms with E-state index in [1.165, 1.54) is 6.92 Å². The van der Waals surface area contributed by atoms with Gasteiger partial charge in [0.1, 0.15) is 35.0 Å². The van der Waals surface area contributed by atoms with Gasteiger partial charge in [-0.25, -0.2) is 4.79 Å². The predicted octanol–water partition coefficient (Wildman–Crippen LogP) is 6.03. The Kier molecular flexibility index (Phi) is 8.36. The number of esters is 2. The summed E-state index contributed by atoms with van der Waals surface area (Å²) >= 11 is 0. The lowest BCUT2D eigenvalue weighted by Gasteiger charge is -2.22. The number of phenolic OH excluding ortho intramolecular Hbond substituents is 1. The number of aromatic hydroxyl groups is 1. The van der Waals surface area contributed by atoms with E-state index in [-0.39, 0.29) is 18.8 Å². The first-order valence-corrected chi connectivity index (χ1v) is 11.5. The lowest BCUT2D eigenvalue weighted by atomic mass is 9.99. The summed E-state index contributed by atoms with van der Waals surface area (Å²) in [6, 6.07) is 13.2. The second kappa shape index (κ2) is 11.1. The number of aliphatic hydroxyl groups is 1. The number of phenols is 1. The molecule has 7 nitrogen and oxygen atoms in total. The van der Waals surface area contributed by atoms with E-state index in [4.69, 9.17) is 14.2 Å². The van der Waals surface area contributed by atoms with Crippen molar-refractivity contribution in [2.75, 3.05) is 0 Å². The largest absolute Gasteiger partial charge is 0.506 e. The normalized spacial score (nSPS) is 11.7. The molecular weight excluding hydrogens is 505 g/mol. The molecule has 0 amide bonds. The van der Waals surface area contributed by atoms with Crippen LogP contribution in [0.5, 0.6) is 17.2 Å². The number of rotatable bonds is 7. The zero-order chi connectivity index (χ0) is 28.3. The van der Waals surface area contributed by atoms with Crippen molar-refractivity contribution in [1.82, 2.24) is 0 Å². The first kappa shape index (κ1) is 28.5. The molecule has 0 aliphatic heterocycles. The molecule has 0 aliphatic rings. The van der Waals surface area contributed by atoms with Crippen LogP contribution in [-0.4, -0.2) is 27.8 Å². The molecule has 0 fully saturated rings. The number of hydrogen-bond acceptors (Lipinski definition) is 7. The summed E-state index contributed by atoms with van der Waals surface area (Å²) in [4.78, 5) is 23.9. The molecule has 3 rings (SSSR count). The third-order valence-electron chi connectivity index (χ3n) is 5.24. The molecule has 202 valence electrons. The minimum absolute atomic E-state index is 0.0115. The van der Waals surface area contributed by atoms with Crippen molar-refractivity contribution in [3.05, 3.63) is 76.9 Å². The molecule has 0 aromatic heterocycles. The predicted molar refractivity (Wildman–Crippen MR) is 132 cm³/mol. The Morgan fingerprint density at radius 1 is 0.895 bits per heavy atom. The van der Waals surface area contributed by atoms with Gasteiger partial charge < -0.3 is 24.4 Å². The molecule has 3 aromatic rings. The molecule has 0 bridgehead atoms. The summed E-state index contributed by atoms with van der Waals surface area (Å²) < 4.78 is 56.0. The average Bonchev–Trinajstić information content (AvgIpc) is 2.80. The van der Waals surface area contributed by atoms with E-state index in [1.807, 2.05) is 0 Å². The second-order valence-corrected chi connectivity index (χ2v) is 9.38. The van der Waals surface area contributed by atoms with E-state index in [0.29, 0.717) is 28.7 Å². The Balaban J connectivity index is 1.86. The Hall–Kier alpha value is -4.05. The fourth-order valence-corrected chi connectivity index (χ4v) is 3.64. The van der Waals surface area contributed by atoms with Crippen LogP contribution in [0.25, 0.3) is 11.1 Å². The van der Waals surface area contributed by atoms with Crippen LogP contribution in [-0.2, 0) is 28.9 Å². The topological polar surface area (TPSA) is 102 Å². The maximum absolute atomic E-state index is 13.3. The maximum atomic E-state index is 13.3. The molecule has 10 heteroatoms. The van der Waals surface area contributed by atoms with E-state index in [0.717, 1.165) is 11.6 Å². The van der Waals surface area contributed by atoms with Gasteiger partial charge in [-0.15, -0.1) is 0 Å². The number of carbonyl (C=O) groups excluding carboxylic acids is 2. The van der Waals surface area contributed by atoms with E-state index in [2.05, 4.69) is 0 Å². The molecule has 38 heavy (non-hydrogen) atoms. The van der Waals surface area contributed by atoms with Gasteiger partial charge in [0.15, 0.2) is 0 Å². The minimum Gasteiger partial charge on any atom is -0.506 e. The Labute approximate surface area is 217 Å². The summed E-state index contributed by atoms with van der Waals surface area (Å²) in [5, 5.41) is 20.1. The highest BCUT2D eigenvalue weighted by Crippen LogP contribution is 2.40. The van der Waals surface area contributed by atoms with Crippen molar-refractivity contribution >= 4 is 11.9 Å². The molecule has 0 radical (unpaired) electrons. The molecule has 0 atom stereocenters. The highest BCUT2D eigenvalue weighted by Gasteiger charge is 2.37. The Bertz CT molecular complexity index is 1320. The standard InChI is InChI=1S/C28H27F3O7/c1-16(33)37-21-10-11-22(19(13-21)14-32)17-5-8-20(9-6-17)36-15-18-7-12-23(28(29,30)31)25(34)24(18)26(35)38-27(2,3)4/h5-13,32,34H,14-15H2,1-4H3. The van der Waals surface area contributed by atoms with Crippen LogP contribution < -0.4 is 9.47 Å². The van der Waals surface area contributed by atoms with Gasteiger partial charge in [-0.1, -0.05) is 24.3 Å².